The average molecular weight is 346 g/mol. The molecular formula is C21H22N4O. The van der Waals surface area contributed by atoms with Crippen LogP contribution in [0.2, 0.25) is 0 Å². The summed E-state index contributed by atoms with van der Waals surface area (Å²) in [6.45, 7) is 5.16. The maximum absolute atomic E-state index is 12.4. The van der Waals surface area contributed by atoms with E-state index in [1.807, 2.05) is 43.3 Å². The molecule has 3 rings (SSSR count). The van der Waals surface area contributed by atoms with E-state index in [9.17, 15) is 4.79 Å². The van der Waals surface area contributed by atoms with Gasteiger partial charge >= 0.3 is 0 Å². The number of amides is 1. The van der Waals surface area contributed by atoms with Crippen LogP contribution in [0, 0.1) is 13.8 Å². The Hall–Kier alpha value is -3.21. The summed E-state index contributed by atoms with van der Waals surface area (Å²) in [5.41, 5.74) is 4.93. The average Bonchev–Trinajstić information content (AvgIpc) is 2.66. The molecule has 5 heteroatoms. The van der Waals surface area contributed by atoms with Crippen molar-refractivity contribution < 1.29 is 4.79 Å². The highest BCUT2D eigenvalue weighted by Crippen LogP contribution is 2.09. The number of nitrogens with zero attached hydrogens (tertiary/aromatic N) is 2. The number of hydrogen-bond acceptors (Lipinski definition) is 4. The molecule has 0 bridgehead atoms. The van der Waals surface area contributed by atoms with Crippen LogP contribution in [0.4, 0.5) is 5.95 Å². The molecule has 5 nitrogen and oxygen atoms in total. The second kappa shape index (κ2) is 8.25. The molecule has 0 unspecified atom stereocenters. The van der Waals surface area contributed by atoms with Crippen molar-refractivity contribution >= 4 is 11.9 Å². The van der Waals surface area contributed by atoms with E-state index >= 15 is 0 Å². The highest BCUT2D eigenvalue weighted by atomic mass is 16.1. The Balaban J connectivity index is 1.61. The summed E-state index contributed by atoms with van der Waals surface area (Å²) in [5.74, 6) is 0.226. The molecule has 0 fully saturated rings. The normalized spacial score (nSPS) is 10.4. The zero-order valence-electron chi connectivity index (χ0n) is 15.0. The van der Waals surface area contributed by atoms with Gasteiger partial charge in [0.25, 0.3) is 5.91 Å². The molecule has 0 atom stereocenters. The predicted octanol–water partition coefficient (Wildman–Crippen LogP) is 3.64. The molecule has 2 aromatic carbocycles. The number of nitrogens with one attached hydrogen (secondary N) is 2. The summed E-state index contributed by atoms with van der Waals surface area (Å²) in [7, 11) is 0. The molecule has 0 radical (unpaired) electrons. The van der Waals surface area contributed by atoms with Crippen LogP contribution >= 0.6 is 0 Å². The SMILES string of the molecule is Cc1cccc(CNc2nccc(C(=O)NCc3ccccc3C)n2)c1. The van der Waals surface area contributed by atoms with Gasteiger partial charge in [0.15, 0.2) is 0 Å². The summed E-state index contributed by atoms with van der Waals surface area (Å²) in [6, 6.07) is 17.8. The molecule has 1 aromatic heterocycles. The minimum atomic E-state index is -0.214. The van der Waals surface area contributed by atoms with Crippen LogP contribution in [0.1, 0.15) is 32.7 Å². The van der Waals surface area contributed by atoms with Crippen LogP contribution in [0.25, 0.3) is 0 Å². The Morgan fingerprint density at radius 3 is 2.65 bits per heavy atom. The van der Waals surface area contributed by atoms with Crippen LogP contribution in [0.5, 0.6) is 0 Å². The first-order valence-electron chi connectivity index (χ1n) is 8.57. The molecule has 3 aromatic rings. The van der Waals surface area contributed by atoms with Crippen molar-refractivity contribution in [2.45, 2.75) is 26.9 Å². The Morgan fingerprint density at radius 2 is 1.85 bits per heavy atom. The van der Waals surface area contributed by atoms with Gasteiger partial charge in [-0.3, -0.25) is 4.79 Å². The van der Waals surface area contributed by atoms with Gasteiger partial charge in [0.2, 0.25) is 5.95 Å². The van der Waals surface area contributed by atoms with E-state index in [2.05, 4.69) is 39.7 Å². The standard InChI is InChI=1S/C21H22N4O/c1-15-6-5-8-17(12-15)13-24-21-22-11-10-19(25-21)20(26)23-14-18-9-4-3-7-16(18)2/h3-12H,13-14H2,1-2H3,(H,23,26)(H,22,24,25). The molecule has 0 aliphatic carbocycles. The first-order chi connectivity index (χ1) is 12.6. The number of carbonyl (C=O) groups excluding carboxylic acids is 1. The monoisotopic (exact) mass is 346 g/mol. The van der Waals surface area contributed by atoms with Gasteiger partial charge in [-0.05, 0) is 36.6 Å². The molecule has 1 heterocycles. The number of hydrogen-bond donors (Lipinski definition) is 2. The Bertz CT molecular complexity index is 908. The molecule has 1 amide bonds. The largest absolute Gasteiger partial charge is 0.350 e. The van der Waals surface area contributed by atoms with E-state index in [1.54, 1.807) is 12.3 Å². The van der Waals surface area contributed by atoms with Crippen molar-refractivity contribution in [1.82, 2.24) is 15.3 Å². The van der Waals surface area contributed by atoms with Gasteiger partial charge in [-0.1, -0.05) is 54.1 Å². The summed E-state index contributed by atoms with van der Waals surface area (Å²) >= 11 is 0. The number of aromatic nitrogens is 2. The lowest BCUT2D eigenvalue weighted by molar-refractivity contribution is 0.0946. The third-order valence-electron chi connectivity index (χ3n) is 4.12. The minimum absolute atomic E-state index is 0.214. The lowest BCUT2D eigenvalue weighted by Gasteiger charge is -2.09. The Kier molecular flexibility index (Phi) is 5.59. The lowest BCUT2D eigenvalue weighted by Crippen LogP contribution is -2.24. The van der Waals surface area contributed by atoms with Gasteiger partial charge in [0.1, 0.15) is 5.69 Å². The van der Waals surface area contributed by atoms with Crippen LogP contribution < -0.4 is 10.6 Å². The predicted molar refractivity (Wildman–Crippen MR) is 103 cm³/mol. The van der Waals surface area contributed by atoms with Crippen molar-refractivity contribution in [3.05, 3.63) is 88.7 Å². The van der Waals surface area contributed by atoms with E-state index in [0.29, 0.717) is 24.7 Å². The fraction of sp³-hybridized carbons (Fsp3) is 0.190. The third-order valence-corrected chi connectivity index (χ3v) is 4.12. The van der Waals surface area contributed by atoms with Gasteiger partial charge in [-0.25, -0.2) is 9.97 Å². The smallest absolute Gasteiger partial charge is 0.270 e. The van der Waals surface area contributed by atoms with E-state index in [-0.39, 0.29) is 5.91 Å². The maximum atomic E-state index is 12.4. The van der Waals surface area contributed by atoms with Crippen molar-refractivity contribution in [2.24, 2.45) is 0 Å². The van der Waals surface area contributed by atoms with E-state index in [1.165, 1.54) is 5.56 Å². The Labute approximate surface area is 153 Å². The van der Waals surface area contributed by atoms with Gasteiger partial charge < -0.3 is 10.6 Å². The zero-order chi connectivity index (χ0) is 18.4. The fourth-order valence-corrected chi connectivity index (χ4v) is 2.65. The minimum Gasteiger partial charge on any atom is -0.350 e. The summed E-state index contributed by atoms with van der Waals surface area (Å²) in [6.07, 6.45) is 1.59. The molecule has 0 spiro atoms. The summed E-state index contributed by atoms with van der Waals surface area (Å²) < 4.78 is 0. The van der Waals surface area contributed by atoms with Crippen molar-refractivity contribution in [3.63, 3.8) is 0 Å². The lowest BCUT2D eigenvalue weighted by atomic mass is 10.1. The number of rotatable bonds is 6. The van der Waals surface area contributed by atoms with Gasteiger partial charge in [0, 0.05) is 19.3 Å². The number of aryl methyl sites for hydroxylation is 2. The molecule has 0 saturated carbocycles. The van der Waals surface area contributed by atoms with Crippen molar-refractivity contribution in [1.29, 1.82) is 0 Å². The van der Waals surface area contributed by atoms with Crippen LogP contribution in [0.3, 0.4) is 0 Å². The molecule has 132 valence electrons. The zero-order valence-corrected chi connectivity index (χ0v) is 15.0. The van der Waals surface area contributed by atoms with Crippen LogP contribution in [-0.4, -0.2) is 15.9 Å². The van der Waals surface area contributed by atoms with Crippen LogP contribution in [0.15, 0.2) is 60.8 Å². The first kappa shape index (κ1) is 17.6. The van der Waals surface area contributed by atoms with Crippen molar-refractivity contribution in [2.75, 3.05) is 5.32 Å². The molecule has 26 heavy (non-hydrogen) atoms. The molecular weight excluding hydrogens is 324 g/mol. The van der Waals surface area contributed by atoms with Crippen LogP contribution in [-0.2, 0) is 13.1 Å². The first-order valence-corrected chi connectivity index (χ1v) is 8.57. The molecule has 0 saturated heterocycles. The van der Waals surface area contributed by atoms with Gasteiger partial charge in [0.05, 0.1) is 0 Å². The molecule has 2 N–H and O–H groups in total. The fourth-order valence-electron chi connectivity index (χ4n) is 2.65. The maximum Gasteiger partial charge on any atom is 0.270 e. The topological polar surface area (TPSA) is 66.9 Å². The second-order valence-corrected chi connectivity index (χ2v) is 6.22. The van der Waals surface area contributed by atoms with E-state index < -0.39 is 0 Å². The summed E-state index contributed by atoms with van der Waals surface area (Å²) in [4.78, 5) is 20.9. The molecule has 0 aliphatic rings. The van der Waals surface area contributed by atoms with E-state index in [0.717, 1.165) is 16.7 Å². The summed E-state index contributed by atoms with van der Waals surface area (Å²) in [5, 5.41) is 6.07. The number of benzene rings is 2. The highest BCUT2D eigenvalue weighted by molar-refractivity contribution is 5.92. The Morgan fingerprint density at radius 1 is 1.00 bits per heavy atom. The molecule has 0 aliphatic heterocycles. The van der Waals surface area contributed by atoms with Gasteiger partial charge in [-0.2, -0.15) is 0 Å². The van der Waals surface area contributed by atoms with Crippen molar-refractivity contribution in [3.8, 4) is 0 Å². The third kappa shape index (κ3) is 4.66. The quantitative estimate of drug-likeness (QED) is 0.715. The highest BCUT2D eigenvalue weighted by Gasteiger charge is 2.09. The van der Waals surface area contributed by atoms with Gasteiger partial charge in [-0.15, -0.1) is 0 Å². The van der Waals surface area contributed by atoms with E-state index in [4.69, 9.17) is 0 Å². The number of carbonyl (C=O) groups is 1. The number of anilines is 1. The second-order valence-electron chi connectivity index (χ2n) is 6.22.